The van der Waals surface area contributed by atoms with Crippen molar-refractivity contribution in [1.82, 2.24) is 10.2 Å². The molecule has 0 aliphatic carbocycles. The van der Waals surface area contributed by atoms with E-state index in [-0.39, 0.29) is 64.0 Å². The van der Waals surface area contributed by atoms with E-state index in [0.717, 1.165) is 55.0 Å². The van der Waals surface area contributed by atoms with Gasteiger partial charge in [-0.15, -0.1) is 52.1 Å². The molecule has 0 aliphatic rings. The average molecular weight is 1290 g/mol. The van der Waals surface area contributed by atoms with Crippen LogP contribution in [0.15, 0.2) is 194 Å². The molecule has 0 fully saturated rings. The van der Waals surface area contributed by atoms with Crippen molar-refractivity contribution < 1.29 is 78.6 Å². The van der Waals surface area contributed by atoms with Gasteiger partial charge in [0.2, 0.25) is 0 Å². The van der Waals surface area contributed by atoms with E-state index >= 15 is 0 Å². The number of aliphatic hydroxyl groups is 2. The Morgan fingerprint density at radius 1 is 0.439 bits per heavy atom. The number of benzene rings is 8. The third kappa shape index (κ3) is 16.3. The van der Waals surface area contributed by atoms with E-state index in [1.165, 1.54) is 17.7 Å². The van der Waals surface area contributed by atoms with Crippen LogP contribution < -0.4 is 40.9 Å². The van der Waals surface area contributed by atoms with E-state index in [4.69, 9.17) is 19.7 Å². The number of aryl methyl sites for hydroxylation is 1. The van der Waals surface area contributed by atoms with Crippen LogP contribution >= 0.6 is 15.3 Å². The number of aliphatic hydroxyl groups excluding tert-OH is 2. The summed E-state index contributed by atoms with van der Waals surface area (Å²) in [6.45, 7) is 1.54. The molecule has 66 heavy (non-hydrogen) atoms. The van der Waals surface area contributed by atoms with Crippen LogP contribution in [-0.4, -0.2) is 47.7 Å². The van der Waals surface area contributed by atoms with E-state index in [1.807, 2.05) is 164 Å². The molecular formula is C53H51Au2FN2O6P2-2. The van der Waals surface area contributed by atoms with E-state index in [2.05, 4.69) is 47.4 Å². The van der Waals surface area contributed by atoms with Crippen LogP contribution in [0.2, 0.25) is 0 Å². The average Bonchev–Trinajstić information content (AvgIpc) is 3.36. The zero-order chi connectivity index (χ0) is 45.6. The Labute approximate surface area is 420 Å². The van der Waals surface area contributed by atoms with Gasteiger partial charge in [-0.2, -0.15) is 60.7 Å². The van der Waals surface area contributed by atoms with Gasteiger partial charge >= 0.3 is 0 Å². The van der Waals surface area contributed by atoms with Crippen LogP contribution in [0.5, 0.6) is 11.5 Å². The Hall–Kier alpha value is -4.61. The molecule has 6 N–H and O–H groups in total. The van der Waals surface area contributed by atoms with Crippen LogP contribution in [0.1, 0.15) is 5.56 Å². The van der Waals surface area contributed by atoms with Crippen molar-refractivity contribution in [2.24, 2.45) is 0 Å². The zero-order valence-electron chi connectivity index (χ0n) is 36.4. The number of hydrogen-bond donors (Lipinski definition) is 6. The molecule has 0 atom stereocenters. The summed E-state index contributed by atoms with van der Waals surface area (Å²) in [4.78, 5) is 21.6. The molecule has 0 saturated heterocycles. The van der Waals surface area contributed by atoms with Gasteiger partial charge in [-0.1, -0.05) is 79.7 Å². The van der Waals surface area contributed by atoms with Crippen molar-refractivity contribution in [3.05, 3.63) is 230 Å². The number of halogens is 1. The number of nitrogens with one attached hydrogen (secondary N) is 2. The standard InChI is InChI=1S/C14H12O.C13H9FO.2C13H15NO2P.2Au/c1-11-3-5-12(6-4-11)13-7-9-14(15-2)10-8-13;1-15-13-8-4-11(5-9-13)10-2-6-12(14)7-3-10;2*15-11-14-17(16,12-7-3-1-4-8-12)13-9-5-2-6-10-13;;/h3-5,7,9-10H,1-2H3;2,4,6-9H,1H3;2*1-10,14-16H,11H2;;/q2*-2;2*+1;;. The molecule has 350 valence electrons. The molecule has 0 aromatic heterocycles. The van der Waals surface area contributed by atoms with Gasteiger partial charge in [-0.25, -0.2) is 32.0 Å². The monoisotopic (exact) mass is 1290 g/mol. The molecule has 8 aromatic carbocycles. The Kier molecular flexibility index (Phi) is 24.7. The molecule has 0 heterocycles. The summed E-state index contributed by atoms with van der Waals surface area (Å²) in [7, 11) is -2.09. The maximum atomic E-state index is 12.7. The van der Waals surface area contributed by atoms with Gasteiger partial charge in [0.25, 0.3) is 15.3 Å². The summed E-state index contributed by atoms with van der Waals surface area (Å²) in [5.41, 5.74) is 5.00. The summed E-state index contributed by atoms with van der Waals surface area (Å²) in [6.07, 6.45) is 0. The summed E-state index contributed by atoms with van der Waals surface area (Å²) < 4.78 is 22.8. The maximum absolute atomic E-state index is 12.7. The third-order valence-corrected chi connectivity index (χ3v) is 14.9. The first-order chi connectivity index (χ1) is 31.1. The predicted molar refractivity (Wildman–Crippen MR) is 260 cm³/mol. The Morgan fingerprint density at radius 3 is 0.985 bits per heavy atom. The first-order valence-corrected chi connectivity index (χ1v) is 23.6. The first-order valence-electron chi connectivity index (χ1n) is 20.1. The quantitative estimate of drug-likeness (QED) is 0.0313. The molecule has 0 aliphatic heterocycles. The first kappa shape index (κ1) is 55.7. The maximum Gasteiger partial charge on any atom is 0.277 e. The third-order valence-electron chi connectivity index (χ3n) is 9.48. The van der Waals surface area contributed by atoms with Crippen LogP contribution in [0.25, 0.3) is 22.3 Å². The van der Waals surface area contributed by atoms with Crippen molar-refractivity contribution in [3.8, 4) is 33.8 Å². The van der Waals surface area contributed by atoms with Gasteiger partial charge in [0.15, 0.2) is 0 Å². The van der Waals surface area contributed by atoms with Crippen molar-refractivity contribution in [3.63, 3.8) is 0 Å². The predicted octanol–water partition coefficient (Wildman–Crippen LogP) is 8.40. The molecule has 0 saturated carbocycles. The summed E-state index contributed by atoms with van der Waals surface area (Å²) in [6, 6.07) is 71.5. The molecule has 8 aromatic rings. The Bertz CT molecular complexity index is 2260. The van der Waals surface area contributed by atoms with E-state index in [9.17, 15) is 14.2 Å². The molecule has 8 rings (SSSR count). The molecule has 8 nitrogen and oxygen atoms in total. The van der Waals surface area contributed by atoms with Gasteiger partial charge in [-0.05, 0) is 48.5 Å². The summed E-state index contributed by atoms with van der Waals surface area (Å²) in [5, 5.41) is 27.0. The second kappa shape index (κ2) is 29.2. The second-order valence-electron chi connectivity index (χ2n) is 13.7. The van der Waals surface area contributed by atoms with E-state index in [1.54, 1.807) is 26.4 Å². The Balaban J connectivity index is 0.000000232. The van der Waals surface area contributed by atoms with E-state index in [0.29, 0.717) is 0 Å². The molecule has 0 bridgehead atoms. The van der Waals surface area contributed by atoms with Crippen LogP contribution in [0.3, 0.4) is 0 Å². The van der Waals surface area contributed by atoms with Gasteiger partial charge in [-0.3, -0.25) is 4.39 Å². The fourth-order valence-corrected chi connectivity index (χ4v) is 10.2. The minimum atomic E-state index is -2.67. The van der Waals surface area contributed by atoms with Crippen molar-refractivity contribution in [2.45, 2.75) is 6.92 Å². The molecule has 2 radical (unpaired) electrons. The number of ether oxygens (including phenoxy) is 2. The minimum Gasteiger partial charge on any atom is -0.540 e. The van der Waals surface area contributed by atoms with Crippen LogP contribution in [0.4, 0.5) is 4.39 Å². The zero-order valence-corrected chi connectivity index (χ0v) is 42.5. The van der Waals surface area contributed by atoms with E-state index < -0.39 is 15.3 Å². The molecule has 0 spiro atoms. The van der Waals surface area contributed by atoms with Gasteiger partial charge in [0, 0.05) is 62.1 Å². The SMILES string of the molecule is COc1c[c-]c(-c2[c-]cc(C)cc2)cc1.COc1c[c-]c(-c2[c-]cc(F)cc2)cc1.OCN[P+](O)(c1ccccc1)c1ccccc1.OCN[P+](O)(c1ccccc1)c1ccccc1.[Au].[Au]. The molecule has 0 amide bonds. The van der Waals surface area contributed by atoms with Gasteiger partial charge < -0.3 is 19.7 Å². The topological polar surface area (TPSA) is 123 Å². The van der Waals surface area contributed by atoms with Crippen molar-refractivity contribution in [1.29, 1.82) is 0 Å². The number of hydrogen-bond acceptors (Lipinski definition) is 8. The fraction of sp³-hybridized carbons (Fsp3) is 0.0943. The Morgan fingerprint density at radius 2 is 0.742 bits per heavy atom. The van der Waals surface area contributed by atoms with Crippen molar-refractivity contribution in [2.75, 3.05) is 27.7 Å². The number of rotatable bonds is 12. The van der Waals surface area contributed by atoms with Crippen LogP contribution in [-0.2, 0) is 44.8 Å². The largest absolute Gasteiger partial charge is 0.540 e. The normalized spacial score (nSPS) is 10.4. The fourth-order valence-electron chi connectivity index (χ4n) is 6.10. The number of methoxy groups -OCH3 is 2. The second-order valence-corrected chi connectivity index (χ2v) is 19.0. The molecule has 0 unspecified atom stereocenters. The summed E-state index contributed by atoms with van der Waals surface area (Å²) >= 11 is 0. The van der Waals surface area contributed by atoms with Gasteiger partial charge in [0.05, 0.1) is 14.2 Å². The molecule has 13 heteroatoms. The van der Waals surface area contributed by atoms with Gasteiger partial charge in [0.1, 0.15) is 34.7 Å². The molecular weight excluding hydrogens is 1240 g/mol. The van der Waals surface area contributed by atoms with Crippen LogP contribution in [0, 0.1) is 37.0 Å². The minimum absolute atomic E-state index is 0. The van der Waals surface area contributed by atoms with Crippen molar-refractivity contribution >= 4 is 36.5 Å². The smallest absolute Gasteiger partial charge is 0.277 e. The summed E-state index contributed by atoms with van der Waals surface area (Å²) in [5.74, 6) is 1.29.